The molecule has 0 aliphatic carbocycles. The predicted molar refractivity (Wildman–Crippen MR) is 44.4 cm³/mol. The molecule has 1 aliphatic rings. The lowest BCUT2D eigenvalue weighted by molar-refractivity contribution is 0.212. The van der Waals surface area contributed by atoms with Crippen LogP contribution in [0.4, 0.5) is 0 Å². The monoisotopic (exact) mass is 140 g/mol. The van der Waals surface area contributed by atoms with Gasteiger partial charge < -0.3 is 4.90 Å². The van der Waals surface area contributed by atoms with Gasteiger partial charge >= 0.3 is 0 Å². The quantitative estimate of drug-likeness (QED) is 0.498. The largest absolute Gasteiger partial charge is 0.354 e. The molecule has 0 aromatic rings. The predicted octanol–water partition coefficient (Wildman–Crippen LogP) is 1.52. The zero-order chi connectivity index (χ0) is 7.78. The summed E-state index contributed by atoms with van der Waals surface area (Å²) < 4.78 is 0. The van der Waals surface area contributed by atoms with Crippen molar-refractivity contribution in [3.8, 4) is 0 Å². The summed E-state index contributed by atoms with van der Waals surface area (Å²) in [6.07, 6.45) is 1.96. The van der Waals surface area contributed by atoms with Gasteiger partial charge in [0, 0.05) is 11.6 Å². The van der Waals surface area contributed by atoms with Gasteiger partial charge in [0.15, 0.2) is 0 Å². The van der Waals surface area contributed by atoms with Crippen LogP contribution in [0, 0.1) is 0 Å². The summed E-state index contributed by atoms with van der Waals surface area (Å²) in [5, 5.41) is 0. The molecule has 58 valence electrons. The van der Waals surface area contributed by atoms with Gasteiger partial charge in [-0.15, -0.1) is 0 Å². The van der Waals surface area contributed by atoms with Crippen LogP contribution in [0.3, 0.4) is 0 Å². The van der Waals surface area contributed by atoms with Crippen LogP contribution in [-0.2, 0) is 0 Å². The van der Waals surface area contributed by atoms with E-state index in [1.165, 1.54) is 0 Å². The second-order valence-corrected chi connectivity index (χ2v) is 3.91. The molecule has 1 unspecified atom stereocenters. The average molecular weight is 140 g/mol. The maximum Gasteiger partial charge on any atom is 0.0858 e. The number of hydrogen-bond donors (Lipinski definition) is 0. The van der Waals surface area contributed by atoms with E-state index in [0.717, 1.165) is 6.54 Å². The lowest BCUT2D eigenvalue weighted by Crippen LogP contribution is -2.43. The van der Waals surface area contributed by atoms with E-state index in [0.29, 0.717) is 6.04 Å². The second-order valence-electron chi connectivity index (χ2n) is 3.91. The van der Waals surface area contributed by atoms with Crippen LogP contribution in [0.1, 0.15) is 27.7 Å². The van der Waals surface area contributed by atoms with E-state index in [-0.39, 0.29) is 5.54 Å². The average Bonchev–Trinajstić information content (AvgIpc) is 2.11. The molecule has 1 aliphatic heterocycles. The minimum Gasteiger partial charge on any atom is -0.354 e. The fraction of sp³-hybridized carbons (Fsp3) is 0.875. The van der Waals surface area contributed by atoms with Gasteiger partial charge in [-0.3, -0.25) is 4.99 Å². The molecule has 0 amide bonds. The van der Waals surface area contributed by atoms with Crippen LogP contribution in [0.5, 0.6) is 0 Å². The van der Waals surface area contributed by atoms with Gasteiger partial charge in [-0.05, 0) is 27.7 Å². The van der Waals surface area contributed by atoms with Crippen molar-refractivity contribution in [1.29, 1.82) is 0 Å². The smallest absolute Gasteiger partial charge is 0.0858 e. The Bertz CT molecular complexity index is 144. The van der Waals surface area contributed by atoms with Gasteiger partial charge in [0.25, 0.3) is 0 Å². The first-order valence-electron chi connectivity index (χ1n) is 3.80. The number of rotatable bonds is 0. The maximum atomic E-state index is 4.21. The Kier molecular flexibility index (Phi) is 1.71. The standard InChI is InChI=1S/C8H16N2/c1-7-5-9-6-10(7)8(2,3)4/h6-7H,5H2,1-4H3. The first kappa shape index (κ1) is 7.58. The first-order valence-corrected chi connectivity index (χ1v) is 3.80. The minimum absolute atomic E-state index is 0.236. The lowest BCUT2D eigenvalue weighted by atomic mass is 10.1. The Morgan fingerprint density at radius 1 is 1.50 bits per heavy atom. The first-order chi connectivity index (χ1) is 4.52. The van der Waals surface area contributed by atoms with Crippen LogP contribution < -0.4 is 0 Å². The van der Waals surface area contributed by atoms with Crippen molar-refractivity contribution in [2.24, 2.45) is 4.99 Å². The molecule has 1 atom stereocenters. The molecular formula is C8H16N2. The molecule has 2 nitrogen and oxygen atoms in total. The number of hydrogen-bond acceptors (Lipinski definition) is 2. The molecule has 0 aromatic heterocycles. The van der Waals surface area contributed by atoms with Crippen LogP contribution in [0.25, 0.3) is 0 Å². The zero-order valence-electron chi connectivity index (χ0n) is 7.26. The number of nitrogens with zero attached hydrogens (tertiary/aromatic N) is 2. The van der Waals surface area contributed by atoms with Gasteiger partial charge in [-0.1, -0.05) is 0 Å². The minimum atomic E-state index is 0.236. The lowest BCUT2D eigenvalue weighted by Gasteiger charge is -2.34. The van der Waals surface area contributed by atoms with Gasteiger partial charge in [0.1, 0.15) is 0 Å². The molecule has 0 N–H and O–H groups in total. The van der Waals surface area contributed by atoms with Gasteiger partial charge in [0.2, 0.25) is 0 Å². The number of aliphatic imine (C=N–C) groups is 1. The topological polar surface area (TPSA) is 15.6 Å². The Morgan fingerprint density at radius 3 is 2.30 bits per heavy atom. The highest BCUT2D eigenvalue weighted by Gasteiger charge is 2.25. The van der Waals surface area contributed by atoms with E-state index in [1.807, 2.05) is 6.34 Å². The van der Waals surface area contributed by atoms with Crippen molar-refractivity contribution in [2.75, 3.05) is 6.54 Å². The molecule has 10 heavy (non-hydrogen) atoms. The molecule has 0 bridgehead atoms. The zero-order valence-corrected chi connectivity index (χ0v) is 7.26. The van der Waals surface area contributed by atoms with Crippen molar-refractivity contribution >= 4 is 6.34 Å². The molecule has 0 spiro atoms. The second kappa shape index (κ2) is 2.26. The third-order valence-corrected chi connectivity index (χ3v) is 1.83. The van der Waals surface area contributed by atoms with Gasteiger partial charge in [-0.25, -0.2) is 0 Å². The third-order valence-electron chi connectivity index (χ3n) is 1.83. The van der Waals surface area contributed by atoms with Crippen LogP contribution in [-0.4, -0.2) is 29.4 Å². The van der Waals surface area contributed by atoms with Gasteiger partial charge in [-0.2, -0.15) is 0 Å². The van der Waals surface area contributed by atoms with Crippen molar-refractivity contribution in [2.45, 2.75) is 39.3 Å². The van der Waals surface area contributed by atoms with Crippen molar-refractivity contribution < 1.29 is 0 Å². The summed E-state index contributed by atoms with van der Waals surface area (Å²) >= 11 is 0. The molecule has 0 saturated carbocycles. The molecule has 0 saturated heterocycles. The van der Waals surface area contributed by atoms with E-state index in [2.05, 4.69) is 37.6 Å². The fourth-order valence-electron chi connectivity index (χ4n) is 1.32. The van der Waals surface area contributed by atoms with E-state index in [9.17, 15) is 0 Å². The molecular weight excluding hydrogens is 124 g/mol. The van der Waals surface area contributed by atoms with Crippen molar-refractivity contribution in [1.82, 2.24) is 4.90 Å². The summed E-state index contributed by atoms with van der Waals surface area (Å²) in [5.41, 5.74) is 0.236. The van der Waals surface area contributed by atoms with Crippen molar-refractivity contribution in [3.63, 3.8) is 0 Å². The Labute approximate surface area is 62.9 Å². The molecule has 1 rings (SSSR count). The van der Waals surface area contributed by atoms with Crippen LogP contribution >= 0.6 is 0 Å². The maximum absolute atomic E-state index is 4.21. The van der Waals surface area contributed by atoms with Gasteiger partial charge in [0.05, 0.1) is 12.9 Å². The van der Waals surface area contributed by atoms with Crippen molar-refractivity contribution in [3.05, 3.63) is 0 Å². The highest BCUT2D eigenvalue weighted by atomic mass is 15.3. The summed E-state index contributed by atoms with van der Waals surface area (Å²) in [5.74, 6) is 0. The molecule has 1 heterocycles. The summed E-state index contributed by atoms with van der Waals surface area (Å²) in [6.45, 7) is 9.79. The van der Waals surface area contributed by atoms with E-state index in [4.69, 9.17) is 0 Å². The van der Waals surface area contributed by atoms with E-state index in [1.54, 1.807) is 0 Å². The van der Waals surface area contributed by atoms with Crippen LogP contribution in [0.15, 0.2) is 4.99 Å². The van der Waals surface area contributed by atoms with E-state index < -0.39 is 0 Å². The normalized spacial score (nSPS) is 26.0. The Morgan fingerprint density at radius 2 is 2.10 bits per heavy atom. The summed E-state index contributed by atoms with van der Waals surface area (Å²) in [7, 11) is 0. The Balaban J connectivity index is 2.64. The molecule has 2 heteroatoms. The fourth-order valence-corrected chi connectivity index (χ4v) is 1.32. The molecule has 0 aromatic carbocycles. The highest BCUT2D eigenvalue weighted by molar-refractivity contribution is 5.59. The van der Waals surface area contributed by atoms with E-state index >= 15 is 0 Å². The molecule has 0 radical (unpaired) electrons. The Hall–Kier alpha value is -0.530. The SMILES string of the molecule is CC1CN=CN1C(C)(C)C. The highest BCUT2D eigenvalue weighted by Crippen LogP contribution is 2.17. The summed E-state index contributed by atoms with van der Waals surface area (Å²) in [6, 6.07) is 0.583. The molecule has 0 fully saturated rings. The van der Waals surface area contributed by atoms with Crippen LogP contribution in [0.2, 0.25) is 0 Å². The summed E-state index contributed by atoms with van der Waals surface area (Å²) in [4.78, 5) is 6.51. The third kappa shape index (κ3) is 1.31.